The van der Waals surface area contributed by atoms with Crippen molar-refractivity contribution in [2.24, 2.45) is 0 Å². The number of likely N-dealkylation sites (N-methyl/N-ethyl adjacent to an activating group) is 1. The standard InChI is InChI=1S/C23H20N2O2/c1-3-25-18(14-13-16-9-7-8-12-20(16)25)15-19-22(26)21(23(19)27)24(2)17-10-5-4-6-11-17/h4-15H,3H2,1-2H3/p+1. The number of hydrogen-bond acceptors (Lipinski definition) is 3. The number of aliphatic hydroxyl groups excluding tert-OH is 1. The van der Waals surface area contributed by atoms with E-state index >= 15 is 0 Å². The van der Waals surface area contributed by atoms with Gasteiger partial charge in [-0.1, -0.05) is 30.3 Å². The highest BCUT2D eigenvalue weighted by Gasteiger charge is 2.37. The molecule has 4 rings (SSSR count). The number of aryl methyl sites for hydroxylation is 1. The van der Waals surface area contributed by atoms with Gasteiger partial charge in [0.05, 0.1) is 5.57 Å². The minimum atomic E-state index is -0.144. The van der Waals surface area contributed by atoms with Gasteiger partial charge in [-0.05, 0) is 31.2 Å². The highest BCUT2D eigenvalue weighted by molar-refractivity contribution is 6.23. The summed E-state index contributed by atoms with van der Waals surface area (Å²) in [7, 11) is 1.79. The van der Waals surface area contributed by atoms with Crippen LogP contribution in [0.1, 0.15) is 12.6 Å². The summed E-state index contributed by atoms with van der Waals surface area (Å²) in [6, 6.07) is 21.7. The molecule has 0 bridgehead atoms. The number of para-hydroxylation sites is 2. The Labute approximate surface area is 158 Å². The van der Waals surface area contributed by atoms with Crippen molar-refractivity contribution in [2.45, 2.75) is 13.5 Å². The van der Waals surface area contributed by atoms with Crippen LogP contribution < -0.4 is 9.47 Å². The van der Waals surface area contributed by atoms with Crippen LogP contribution in [0.15, 0.2) is 83.8 Å². The molecule has 3 aromatic rings. The van der Waals surface area contributed by atoms with Gasteiger partial charge in [0.25, 0.3) is 0 Å². The number of aromatic nitrogens is 1. The number of hydrogen-bond donors (Lipinski definition) is 1. The van der Waals surface area contributed by atoms with Gasteiger partial charge in [-0.15, -0.1) is 0 Å². The van der Waals surface area contributed by atoms with Gasteiger partial charge in [-0.3, -0.25) is 4.79 Å². The van der Waals surface area contributed by atoms with Gasteiger partial charge in [0, 0.05) is 36.3 Å². The Balaban J connectivity index is 1.75. The molecule has 0 aliphatic heterocycles. The molecule has 1 N–H and O–H groups in total. The number of allylic oxidation sites excluding steroid dienone is 2. The molecule has 1 aromatic heterocycles. The van der Waals surface area contributed by atoms with Gasteiger partial charge < -0.3 is 10.0 Å². The summed E-state index contributed by atoms with van der Waals surface area (Å²) < 4.78 is 2.14. The van der Waals surface area contributed by atoms with Crippen LogP contribution in [0, 0.1) is 0 Å². The van der Waals surface area contributed by atoms with Crippen LogP contribution >= 0.6 is 0 Å². The molecule has 0 spiro atoms. The van der Waals surface area contributed by atoms with Gasteiger partial charge in [0.1, 0.15) is 12.2 Å². The number of anilines is 1. The molecule has 0 fully saturated rings. The second-order valence-corrected chi connectivity index (χ2v) is 6.54. The molecule has 0 radical (unpaired) electrons. The van der Waals surface area contributed by atoms with Crippen LogP contribution in [-0.4, -0.2) is 17.9 Å². The topological polar surface area (TPSA) is 44.4 Å². The first-order valence-corrected chi connectivity index (χ1v) is 9.02. The molecule has 134 valence electrons. The average Bonchev–Trinajstić information content (AvgIpc) is 2.72. The molecule has 1 aliphatic rings. The normalized spacial score (nSPS) is 15.3. The van der Waals surface area contributed by atoms with E-state index in [9.17, 15) is 9.90 Å². The third-order valence-corrected chi connectivity index (χ3v) is 5.00. The largest absolute Gasteiger partial charge is 0.505 e. The molecule has 0 unspecified atom stereocenters. The molecule has 0 saturated carbocycles. The van der Waals surface area contributed by atoms with E-state index < -0.39 is 0 Å². The van der Waals surface area contributed by atoms with Crippen LogP contribution in [0.4, 0.5) is 5.69 Å². The second kappa shape index (κ2) is 6.72. The highest BCUT2D eigenvalue weighted by atomic mass is 16.3. The van der Waals surface area contributed by atoms with E-state index in [0.717, 1.165) is 28.8 Å². The van der Waals surface area contributed by atoms with Crippen LogP contribution in [-0.2, 0) is 11.3 Å². The zero-order valence-electron chi connectivity index (χ0n) is 15.4. The van der Waals surface area contributed by atoms with Crippen molar-refractivity contribution in [3.8, 4) is 0 Å². The van der Waals surface area contributed by atoms with Crippen molar-refractivity contribution in [3.05, 3.63) is 89.5 Å². The van der Waals surface area contributed by atoms with E-state index in [-0.39, 0.29) is 11.5 Å². The maximum atomic E-state index is 12.7. The maximum absolute atomic E-state index is 12.7. The summed E-state index contributed by atoms with van der Waals surface area (Å²) in [4.78, 5) is 14.4. The van der Waals surface area contributed by atoms with Crippen molar-refractivity contribution in [3.63, 3.8) is 0 Å². The molecule has 4 nitrogen and oxygen atoms in total. The summed E-state index contributed by atoms with van der Waals surface area (Å²) in [5.74, 6) is -0.100. The van der Waals surface area contributed by atoms with Crippen molar-refractivity contribution in [1.29, 1.82) is 0 Å². The number of carbonyl (C=O) groups is 1. The van der Waals surface area contributed by atoms with E-state index in [1.807, 2.05) is 54.6 Å². The fraction of sp³-hybridized carbons (Fsp3) is 0.130. The first kappa shape index (κ1) is 17.0. The molecule has 4 heteroatoms. The summed E-state index contributed by atoms with van der Waals surface area (Å²) in [5, 5.41) is 11.7. The first-order valence-electron chi connectivity index (χ1n) is 9.02. The zero-order valence-corrected chi connectivity index (χ0v) is 15.4. The summed E-state index contributed by atoms with van der Waals surface area (Å²) >= 11 is 0. The third kappa shape index (κ3) is 2.79. The lowest BCUT2D eigenvalue weighted by Crippen LogP contribution is -2.38. The smallest absolute Gasteiger partial charge is 0.217 e. The lowest BCUT2D eigenvalue weighted by molar-refractivity contribution is -0.669. The lowest BCUT2D eigenvalue weighted by Gasteiger charge is -2.29. The summed E-state index contributed by atoms with van der Waals surface area (Å²) in [5.41, 5.74) is 3.54. The fourth-order valence-corrected chi connectivity index (χ4v) is 3.54. The van der Waals surface area contributed by atoms with E-state index in [4.69, 9.17) is 0 Å². The average molecular weight is 357 g/mol. The zero-order chi connectivity index (χ0) is 19.0. The lowest BCUT2D eigenvalue weighted by atomic mass is 9.91. The molecule has 1 heterocycles. The number of benzene rings is 2. The van der Waals surface area contributed by atoms with E-state index in [2.05, 4.69) is 23.6 Å². The Hall–Kier alpha value is -3.40. The number of carbonyl (C=O) groups excluding carboxylic acids is 1. The minimum absolute atomic E-state index is 0.0437. The van der Waals surface area contributed by atoms with Gasteiger partial charge in [-0.2, -0.15) is 4.57 Å². The quantitative estimate of drug-likeness (QED) is 0.567. The van der Waals surface area contributed by atoms with E-state index in [1.54, 1.807) is 18.0 Å². The number of rotatable bonds is 4. The highest BCUT2D eigenvalue weighted by Crippen LogP contribution is 2.34. The monoisotopic (exact) mass is 357 g/mol. The molecule has 27 heavy (non-hydrogen) atoms. The third-order valence-electron chi connectivity index (χ3n) is 5.00. The Morgan fingerprint density at radius 2 is 1.70 bits per heavy atom. The van der Waals surface area contributed by atoms with Crippen molar-refractivity contribution < 1.29 is 14.5 Å². The van der Waals surface area contributed by atoms with Crippen LogP contribution in [0.25, 0.3) is 17.0 Å². The predicted octanol–water partition coefficient (Wildman–Crippen LogP) is 4.02. The van der Waals surface area contributed by atoms with Gasteiger partial charge in [-0.25, -0.2) is 0 Å². The predicted molar refractivity (Wildman–Crippen MR) is 107 cm³/mol. The molecular weight excluding hydrogens is 336 g/mol. The molecule has 0 amide bonds. The minimum Gasteiger partial charge on any atom is -0.505 e. The molecule has 0 atom stereocenters. The van der Waals surface area contributed by atoms with Crippen molar-refractivity contribution in [2.75, 3.05) is 11.9 Å². The molecule has 0 saturated heterocycles. The first-order chi connectivity index (χ1) is 13.1. The Bertz CT molecular complexity index is 1100. The number of nitrogens with zero attached hydrogens (tertiary/aromatic N) is 2. The Morgan fingerprint density at radius 3 is 2.41 bits per heavy atom. The van der Waals surface area contributed by atoms with Crippen LogP contribution in [0.2, 0.25) is 0 Å². The maximum Gasteiger partial charge on any atom is 0.217 e. The fourth-order valence-electron chi connectivity index (χ4n) is 3.54. The van der Waals surface area contributed by atoms with E-state index in [1.165, 1.54) is 0 Å². The summed E-state index contributed by atoms with van der Waals surface area (Å²) in [6.07, 6.45) is 1.77. The molecular formula is C23H21N2O2+. The Morgan fingerprint density at radius 1 is 1.00 bits per heavy atom. The van der Waals surface area contributed by atoms with Crippen LogP contribution in [0.5, 0.6) is 0 Å². The van der Waals surface area contributed by atoms with Crippen molar-refractivity contribution >= 4 is 28.4 Å². The number of fused-ring (bicyclic) bond motifs is 1. The molecule has 2 aromatic carbocycles. The van der Waals surface area contributed by atoms with E-state index in [0.29, 0.717) is 11.3 Å². The Kier molecular flexibility index (Phi) is 4.24. The van der Waals surface area contributed by atoms with Gasteiger partial charge in [0.2, 0.25) is 17.0 Å². The van der Waals surface area contributed by atoms with Crippen molar-refractivity contribution in [1.82, 2.24) is 0 Å². The summed E-state index contributed by atoms with van der Waals surface area (Å²) in [6.45, 7) is 2.84. The number of ketones is 1. The SMILES string of the molecule is CC[n+]1c(/C=C2\C(=O)C(N(C)c3ccccc3)=C2O)ccc2ccccc21. The van der Waals surface area contributed by atoms with Crippen LogP contribution in [0.3, 0.4) is 0 Å². The van der Waals surface area contributed by atoms with Gasteiger partial charge >= 0.3 is 0 Å². The molecule has 1 aliphatic carbocycles. The second-order valence-electron chi connectivity index (χ2n) is 6.54. The van der Waals surface area contributed by atoms with Gasteiger partial charge in [0.15, 0.2) is 5.76 Å². The number of pyridine rings is 1. The number of aliphatic hydroxyl groups is 1. The number of Topliss-reactive ketones (excluding diaryl/α,β-unsaturated/α-hetero) is 1.